The first-order valence-corrected chi connectivity index (χ1v) is 6.28. The maximum absolute atomic E-state index is 13.1. The van der Waals surface area contributed by atoms with E-state index in [-0.39, 0.29) is 16.7 Å². The Morgan fingerprint density at radius 1 is 1.11 bits per heavy atom. The van der Waals surface area contributed by atoms with Gasteiger partial charge in [-0.1, -0.05) is 11.1 Å². The average Bonchev–Trinajstić information content (AvgIpc) is 2.24. The quantitative estimate of drug-likeness (QED) is 0.454. The topological polar surface area (TPSA) is 26.3 Å². The fourth-order valence-electron chi connectivity index (χ4n) is 2.11. The van der Waals surface area contributed by atoms with Gasteiger partial charge in [0.25, 0.3) is 0 Å². The Labute approximate surface area is 117 Å². The Bertz CT molecular complexity index is 512. The smallest absolute Gasteiger partial charge is 0.465 e. The molecule has 0 radical (unpaired) electrons. The van der Waals surface area contributed by atoms with Gasteiger partial charge in [0.2, 0.25) is 0 Å². The zero-order valence-corrected chi connectivity index (χ0v) is 12.6. The number of carbonyl (C=O) groups excluding carboxylic acids is 1. The standard InChI is InChI=1S/C11H12BF3IO2/c1-5-8(11(17)18-4)6(2)10(16)7(3)9(5)12(13,14)15/h1-4H3/q-1. The molecule has 0 fully saturated rings. The zero-order chi connectivity index (χ0) is 14.2. The molecule has 0 saturated carbocycles. The van der Waals surface area contributed by atoms with E-state index in [0.29, 0.717) is 9.13 Å². The molecule has 0 N–H and O–H groups in total. The van der Waals surface area contributed by atoms with E-state index >= 15 is 0 Å². The molecular weight excluding hydrogens is 359 g/mol. The van der Waals surface area contributed by atoms with Gasteiger partial charge >= 0.3 is 12.9 Å². The molecule has 0 heterocycles. The first kappa shape index (κ1) is 15.3. The highest BCUT2D eigenvalue weighted by molar-refractivity contribution is 14.1. The van der Waals surface area contributed by atoms with Gasteiger partial charge in [0, 0.05) is 3.57 Å². The summed E-state index contributed by atoms with van der Waals surface area (Å²) >= 11 is 1.83. The Kier molecular flexibility index (Phi) is 4.35. The Morgan fingerprint density at radius 3 is 2.00 bits per heavy atom. The molecule has 0 spiro atoms. The van der Waals surface area contributed by atoms with Crippen LogP contribution in [0.4, 0.5) is 12.9 Å². The Balaban J connectivity index is 3.77. The summed E-state index contributed by atoms with van der Waals surface area (Å²) in [7, 11) is 1.16. The van der Waals surface area contributed by atoms with Gasteiger partial charge in [-0.3, -0.25) is 0 Å². The van der Waals surface area contributed by atoms with E-state index < -0.39 is 18.4 Å². The second-order valence-corrected chi connectivity index (χ2v) is 5.12. The molecule has 0 aliphatic rings. The van der Waals surface area contributed by atoms with Crippen molar-refractivity contribution in [1.82, 2.24) is 0 Å². The van der Waals surface area contributed by atoms with Crippen molar-refractivity contribution in [3.8, 4) is 0 Å². The highest BCUT2D eigenvalue weighted by Gasteiger charge is 2.33. The predicted octanol–water partition coefficient (Wildman–Crippen LogP) is 3.06. The van der Waals surface area contributed by atoms with E-state index in [0.717, 1.165) is 7.11 Å². The number of carbonyl (C=O) groups is 1. The summed E-state index contributed by atoms with van der Waals surface area (Å²) in [6, 6.07) is 0. The molecule has 0 aliphatic heterocycles. The van der Waals surface area contributed by atoms with Crippen LogP contribution in [0, 0.1) is 24.3 Å². The van der Waals surface area contributed by atoms with E-state index in [1.54, 1.807) is 6.92 Å². The van der Waals surface area contributed by atoms with Gasteiger partial charge in [-0.25, -0.2) is 4.79 Å². The molecule has 0 bridgehead atoms. The number of esters is 1. The molecule has 1 rings (SSSR count). The molecule has 1 aromatic rings. The molecule has 1 aromatic carbocycles. The van der Waals surface area contributed by atoms with E-state index in [9.17, 15) is 17.7 Å². The molecule has 2 nitrogen and oxygen atoms in total. The van der Waals surface area contributed by atoms with Gasteiger partial charge in [0.1, 0.15) is 0 Å². The first-order valence-electron chi connectivity index (χ1n) is 5.20. The van der Waals surface area contributed by atoms with Gasteiger partial charge in [-0.2, -0.15) is 0 Å². The minimum atomic E-state index is -5.16. The van der Waals surface area contributed by atoms with Gasteiger partial charge in [-0.15, -0.1) is 5.46 Å². The molecule has 0 unspecified atom stereocenters. The van der Waals surface area contributed by atoms with Crippen molar-refractivity contribution in [2.24, 2.45) is 0 Å². The predicted molar refractivity (Wildman–Crippen MR) is 73.4 cm³/mol. The zero-order valence-electron chi connectivity index (χ0n) is 10.4. The number of halogens is 4. The summed E-state index contributed by atoms with van der Waals surface area (Å²) < 4.78 is 44.2. The molecular formula is C11H12BF3IO2-. The summed E-state index contributed by atoms with van der Waals surface area (Å²) in [5.41, 5.74) is -0.0242. The second-order valence-electron chi connectivity index (χ2n) is 4.04. The van der Waals surface area contributed by atoms with Crippen molar-refractivity contribution < 1.29 is 22.5 Å². The number of benzene rings is 1. The van der Waals surface area contributed by atoms with Crippen molar-refractivity contribution in [3.05, 3.63) is 25.8 Å². The highest BCUT2D eigenvalue weighted by Crippen LogP contribution is 2.26. The molecule has 18 heavy (non-hydrogen) atoms. The van der Waals surface area contributed by atoms with Crippen molar-refractivity contribution in [3.63, 3.8) is 0 Å². The van der Waals surface area contributed by atoms with Gasteiger partial charge in [-0.05, 0) is 48.9 Å². The van der Waals surface area contributed by atoms with Crippen molar-refractivity contribution >= 4 is 41.0 Å². The van der Waals surface area contributed by atoms with E-state index in [1.807, 2.05) is 22.6 Å². The van der Waals surface area contributed by atoms with Crippen LogP contribution in [-0.4, -0.2) is 20.1 Å². The van der Waals surface area contributed by atoms with Crippen LogP contribution in [0.25, 0.3) is 0 Å². The van der Waals surface area contributed by atoms with Crippen LogP contribution in [-0.2, 0) is 4.74 Å². The molecule has 0 atom stereocenters. The fourth-order valence-corrected chi connectivity index (χ4v) is 2.67. The third kappa shape index (κ3) is 2.50. The van der Waals surface area contributed by atoms with Crippen molar-refractivity contribution in [2.45, 2.75) is 20.8 Å². The maximum atomic E-state index is 13.1. The Hall–Kier alpha value is -0.725. The summed E-state index contributed by atoms with van der Waals surface area (Å²) in [6.45, 7) is -0.793. The normalized spacial score (nSPS) is 11.6. The lowest BCUT2D eigenvalue weighted by Gasteiger charge is -2.25. The fraction of sp³-hybridized carbons (Fsp3) is 0.364. The van der Waals surface area contributed by atoms with Crippen LogP contribution >= 0.6 is 22.6 Å². The van der Waals surface area contributed by atoms with Crippen LogP contribution in [0.5, 0.6) is 0 Å². The van der Waals surface area contributed by atoms with Gasteiger partial charge in [0.15, 0.2) is 0 Å². The SMILES string of the molecule is COC(=O)c1c(C)c(I)c(C)c([B-](F)(F)F)c1C. The van der Waals surface area contributed by atoms with E-state index in [1.165, 1.54) is 13.8 Å². The minimum absolute atomic E-state index is 0.0155. The van der Waals surface area contributed by atoms with E-state index in [4.69, 9.17) is 0 Å². The van der Waals surface area contributed by atoms with Crippen LogP contribution < -0.4 is 5.46 Å². The molecule has 100 valence electrons. The number of methoxy groups -OCH3 is 1. The number of ether oxygens (including phenoxy) is 1. The van der Waals surface area contributed by atoms with Crippen LogP contribution in [0.2, 0.25) is 0 Å². The lowest BCUT2D eigenvalue weighted by atomic mass is 9.72. The van der Waals surface area contributed by atoms with E-state index in [2.05, 4.69) is 4.74 Å². The summed E-state index contributed by atoms with van der Waals surface area (Å²) in [5.74, 6) is -0.732. The summed E-state index contributed by atoms with van der Waals surface area (Å²) in [6.07, 6.45) is 0. The second kappa shape index (κ2) is 5.10. The number of hydrogen-bond donors (Lipinski definition) is 0. The molecule has 0 amide bonds. The van der Waals surface area contributed by atoms with Crippen LogP contribution in [0.3, 0.4) is 0 Å². The molecule has 0 aliphatic carbocycles. The first-order chi connectivity index (χ1) is 8.12. The van der Waals surface area contributed by atoms with Crippen LogP contribution in [0.15, 0.2) is 0 Å². The van der Waals surface area contributed by atoms with Crippen LogP contribution in [0.1, 0.15) is 27.0 Å². The highest BCUT2D eigenvalue weighted by atomic mass is 127. The maximum Gasteiger partial charge on any atom is 0.510 e. The minimum Gasteiger partial charge on any atom is -0.465 e. The summed E-state index contributed by atoms with van der Waals surface area (Å²) in [5, 5.41) is 0. The molecule has 0 saturated heterocycles. The third-order valence-corrected chi connectivity index (χ3v) is 4.55. The van der Waals surface area contributed by atoms with Crippen molar-refractivity contribution in [1.29, 1.82) is 0 Å². The lowest BCUT2D eigenvalue weighted by molar-refractivity contribution is 0.0599. The van der Waals surface area contributed by atoms with Gasteiger partial charge in [0.05, 0.1) is 12.7 Å². The summed E-state index contributed by atoms with van der Waals surface area (Å²) in [4.78, 5) is 11.6. The third-order valence-electron chi connectivity index (χ3n) is 2.93. The molecule has 7 heteroatoms. The number of hydrogen-bond acceptors (Lipinski definition) is 2. The monoisotopic (exact) mass is 371 g/mol. The average molecular weight is 371 g/mol. The largest absolute Gasteiger partial charge is 0.510 e. The van der Waals surface area contributed by atoms with Gasteiger partial charge < -0.3 is 17.7 Å². The van der Waals surface area contributed by atoms with Crippen molar-refractivity contribution in [2.75, 3.05) is 7.11 Å². The lowest BCUT2D eigenvalue weighted by Crippen LogP contribution is -2.40. The molecule has 0 aromatic heterocycles. The number of rotatable bonds is 2. The Morgan fingerprint density at radius 2 is 1.61 bits per heavy atom.